The first-order chi connectivity index (χ1) is 13.2. The van der Waals surface area contributed by atoms with E-state index in [0.29, 0.717) is 11.5 Å². The first-order valence-electron chi connectivity index (χ1n) is 10.7. The Morgan fingerprint density at radius 2 is 2.07 bits per heavy atom. The van der Waals surface area contributed by atoms with Crippen molar-refractivity contribution in [1.82, 2.24) is 14.9 Å². The zero-order valence-electron chi connectivity index (χ0n) is 16.4. The van der Waals surface area contributed by atoms with E-state index >= 15 is 0 Å². The van der Waals surface area contributed by atoms with Crippen molar-refractivity contribution in [3.8, 4) is 0 Å². The minimum atomic E-state index is -0.409. The van der Waals surface area contributed by atoms with Crippen molar-refractivity contribution in [2.45, 2.75) is 70.3 Å². The second-order valence-electron chi connectivity index (χ2n) is 8.49. The van der Waals surface area contributed by atoms with E-state index in [1.807, 2.05) is 12.1 Å². The molecular weight excluding hydrogens is 336 g/mol. The van der Waals surface area contributed by atoms with Gasteiger partial charge in [0.25, 0.3) is 5.91 Å². The third-order valence-corrected chi connectivity index (χ3v) is 6.67. The number of fused-ring (bicyclic) bond motifs is 1. The molecule has 1 aliphatic heterocycles. The third kappa shape index (κ3) is 3.88. The highest BCUT2D eigenvalue weighted by Crippen LogP contribution is 2.34. The van der Waals surface area contributed by atoms with Crippen LogP contribution in [0.15, 0.2) is 18.2 Å². The van der Waals surface area contributed by atoms with Crippen molar-refractivity contribution in [2.24, 2.45) is 11.7 Å². The first-order valence-corrected chi connectivity index (χ1v) is 10.7. The number of amides is 1. The highest BCUT2D eigenvalue weighted by atomic mass is 16.1. The van der Waals surface area contributed by atoms with E-state index in [9.17, 15) is 4.79 Å². The molecule has 0 radical (unpaired) electrons. The second-order valence-corrected chi connectivity index (χ2v) is 8.49. The number of aromatic amines is 1. The van der Waals surface area contributed by atoms with E-state index in [0.717, 1.165) is 41.8 Å². The zero-order chi connectivity index (χ0) is 18.8. The van der Waals surface area contributed by atoms with Crippen molar-refractivity contribution in [2.75, 3.05) is 13.1 Å². The first kappa shape index (κ1) is 18.5. The number of nitrogens with zero attached hydrogens (tertiary/aromatic N) is 2. The van der Waals surface area contributed by atoms with Crippen molar-refractivity contribution in [3.05, 3.63) is 29.6 Å². The van der Waals surface area contributed by atoms with Crippen LogP contribution < -0.4 is 5.73 Å². The molecule has 0 bridgehead atoms. The van der Waals surface area contributed by atoms with Crippen LogP contribution in [0.25, 0.3) is 11.0 Å². The number of aromatic nitrogens is 2. The number of rotatable bonds is 5. The van der Waals surface area contributed by atoms with Gasteiger partial charge in [0.15, 0.2) is 0 Å². The molecule has 1 amide bonds. The van der Waals surface area contributed by atoms with E-state index < -0.39 is 5.91 Å². The summed E-state index contributed by atoms with van der Waals surface area (Å²) in [5.41, 5.74) is 7.66. The van der Waals surface area contributed by atoms with Crippen molar-refractivity contribution in [3.63, 3.8) is 0 Å². The number of H-pyrrole nitrogens is 1. The molecule has 1 atom stereocenters. The summed E-state index contributed by atoms with van der Waals surface area (Å²) in [6.45, 7) is 4.60. The Hall–Kier alpha value is -1.88. The van der Waals surface area contributed by atoms with Crippen LogP contribution in [0.4, 0.5) is 0 Å². The number of imidazole rings is 1. The van der Waals surface area contributed by atoms with E-state index in [1.165, 1.54) is 51.5 Å². The van der Waals surface area contributed by atoms with Crippen LogP contribution in [0.1, 0.15) is 80.4 Å². The van der Waals surface area contributed by atoms with Gasteiger partial charge in [0.05, 0.1) is 11.1 Å². The maximum Gasteiger partial charge on any atom is 0.250 e. The number of primary amides is 1. The third-order valence-electron chi connectivity index (χ3n) is 6.67. The van der Waals surface area contributed by atoms with Crippen LogP contribution in [0, 0.1) is 5.92 Å². The molecule has 27 heavy (non-hydrogen) atoms. The lowest BCUT2D eigenvalue weighted by Crippen LogP contribution is -2.43. The highest BCUT2D eigenvalue weighted by molar-refractivity contribution is 6.04. The summed E-state index contributed by atoms with van der Waals surface area (Å²) in [5, 5.41) is 0. The van der Waals surface area contributed by atoms with Crippen molar-refractivity contribution < 1.29 is 4.79 Å². The fraction of sp³-hybridized carbons (Fsp3) is 0.636. The Bertz CT molecular complexity index is 791. The van der Waals surface area contributed by atoms with Gasteiger partial charge in [-0.1, -0.05) is 25.8 Å². The standard InChI is InChI=1S/C22H32N4O/c1-2-5-15-9-11-17(12-10-15)26-13-4-6-16(14-26)22-24-19-8-3-7-18(21(23)27)20(19)25-22/h3,7-8,15-17H,2,4-6,9-14H2,1H3,(H2,23,27)(H,24,25). The SMILES string of the molecule is CCCC1CCC(N2CCCC(c3nc4c(C(N)=O)cccc4[nH]3)C2)CC1. The minimum Gasteiger partial charge on any atom is -0.366 e. The Balaban J connectivity index is 1.46. The number of benzene rings is 1. The van der Waals surface area contributed by atoms with E-state index in [4.69, 9.17) is 10.7 Å². The molecule has 1 unspecified atom stereocenters. The molecule has 1 aromatic carbocycles. The largest absolute Gasteiger partial charge is 0.366 e. The van der Waals surface area contributed by atoms with Gasteiger partial charge in [-0.25, -0.2) is 4.98 Å². The van der Waals surface area contributed by atoms with Crippen LogP contribution in [0.2, 0.25) is 0 Å². The lowest BCUT2D eigenvalue weighted by Gasteiger charge is -2.41. The summed E-state index contributed by atoms with van der Waals surface area (Å²) < 4.78 is 0. The monoisotopic (exact) mass is 368 g/mol. The maximum absolute atomic E-state index is 11.7. The molecule has 1 saturated carbocycles. The van der Waals surface area contributed by atoms with Gasteiger partial charge >= 0.3 is 0 Å². The van der Waals surface area contributed by atoms with Crippen LogP contribution in [0.3, 0.4) is 0 Å². The number of hydrogen-bond donors (Lipinski definition) is 2. The summed E-state index contributed by atoms with van der Waals surface area (Å²) in [5.74, 6) is 1.98. The average molecular weight is 369 g/mol. The molecule has 1 aromatic heterocycles. The Morgan fingerprint density at radius 1 is 1.26 bits per heavy atom. The Labute approximate surface area is 161 Å². The molecule has 3 N–H and O–H groups in total. The Morgan fingerprint density at radius 3 is 2.81 bits per heavy atom. The van der Waals surface area contributed by atoms with E-state index in [-0.39, 0.29) is 0 Å². The van der Waals surface area contributed by atoms with Gasteiger partial charge in [-0.2, -0.15) is 0 Å². The molecule has 2 heterocycles. The summed E-state index contributed by atoms with van der Waals surface area (Å²) in [7, 11) is 0. The number of likely N-dealkylation sites (tertiary alicyclic amines) is 1. The number of nitrogens with two attached hydrogens (primary N) is 1. The number of piperidine rings is 1. The molecule has 4 rings (SSSR count). The topological polar surface area (TPSA) is 75.0 Å². The predicted octanol–water partition coefficient (Wildman–Crippen LogP) is 4.20. The van der Waals surface area contributed by atoms with Gasteiger partial charge in [-0.05, 0) is 63.1 Å². The fourth-order valence-corrected chi connectivity index (χ4v) is 5.21. The summed E-state index contributed by atoms with van der Waals surface area (Å²) in [6.07, 6.45) is 10.6. The van der Waals surface area contributed by atoms with Gasteiger partial charge in [-0.3, -0.25) is 9.69 Å². The number of carbonyl (C=O) groups excluding carboxylic acids is 1. The van der Waals surface area contributed by atoms with E-state index in [1.54, 1.807) is 6.07 Å². The molecule has 5 nitrogen and oxygen atoms in total. The second kappa shape index (κ2) is 8.01. The molecule has 5 heteroatoms. The van der Waals surface area contributed by atoms with Crippen molar-refractivity contribution >= 4 is 16.9 Å². The molecular formula is C22H32N4O. The number of carbonyl (C=O) groups is 1. The summed E-state index contributed by atoms with van der Waals surface area (Å²) in [6, 6.07) is 6.35. The average Bonchev–Trinajstić information content (AvgIpc) is 3.13. The zero-order valence-corrected chi connectivity index (χ0v) is 16.4. The normalized spacial score (nSPS) is 27.1. The van der Waals surface area contributed by atoms with Gasteiger partial charge in [0.1, 0.15) is 11.3 Å². The maximum atomic E-state index is 11.7. The lowest BCUT2D eigenvalue weighted by molar-refractivity contribution is 0.100. The van der Waals surface area contributed by atoms with Crippen LogP contribution >= 0.6 is 0 Å². The van der Waals surface area contributed by atoms with Gasteiger partial charge in [0, 0.05) is 18.5 Å². The molecule has 2 fully saturated rings. The molecule has 0 spiro atoms. The van der Waals surface area contributed by atoms with Crippen LogP contribution in [-0.4, -0.2) is 39.9 Å². The fourth-order valence-electron chi connectivity index (χ4n) is 5.21. The molecule has 2 aliphatic rings. The van der Waals surface area contributed by atoms with Gasteiger partial charge in [0.2, 0.25) is 0 Å². The lowest BCUT2D eigenvalue weighted by atomic mass is 9.82. The highest BCUT2D eigenvalue weighted by Gasteiger charge is 2.31. The Kier molecular flexibility index (Phi) is 5.48. The summed E-state index contributed by atoms with van der Waals surface area (Å²) >= 11 is 0. The van der Waals surface area contributed by atoms with Gasteiger partial charge < -0.3 is 10.7 Å². The molecule has 1 aliphatic carbocycles. The van der Waals surface area contributed by atoms with Crippen LogP contribution in [0.5, 0.6) is 0 Å². The van der Waals surface area contributed by atoms with E-state index in [2.05, 4.69) is 16.8 Å². The minimum absolute atomic E-state index is 0.409. The smallest absolute Gasteiger partial charge is 0.250 e. The number of hydrogen-bond acceptors (Lipinski definition) is 3. The molecule has 146 valence electrons. The van der Waals surface area contributed by atoms with Gasteiger partial charge in [-0.15, -0.1) is 0 Å². The van der Waals surface area contributed by atoms with Crippen LogP contribution in [-0.2, 0) is 0 Å². The molecule has 1 saturated heterocycles. The van der Waals surface area contributed by atoms with Crippen molar-refractivity contribution in [1.29, 1.82) is 0 Å². The number of para-hydroxylation sites is 1. The molecule has 2 aromatic rings. The quantitative estimate of drug-likeness (QED) is 0.830. The number of nitrogens with one attached hydrogen (secondary N) is 1. The predicted molar refractivity (Wildman–Crippen MR) is 109 cm³/mol. The summed E-state index contributed by atoms with van der Waals surface area (Å²) in [4.78, 5) is 22.7.